The van der Waals surface area contributed by atoms with E-state index >= 15 is 0 Å². The van der Waals surface area contributed by atoms with E-state index in [4.69, 9.17) is 10.5 Å². The van der Waals surface area contributed by atoms with Gasteiger partial charge in [0.05, 0.1) is 19.3 Å². The number of rotatable bonds is 3. The Bertz CT molecular complexity index is 479. The van der Waals surface area contributed by atoms with Crippen LogP contribution in [0.4, 0.5) is 10.1 Å². The lowest BCUT2D eigenvalue weighted by Gasteiger charge is -2.37. The van der Waals surface area contributed by atoms with Crippen molar-refractivity contribution in [3.8, 4) is 0 Å². The Hall–Kier alpha value is -1.66. The molecule has 1 amide bonds. The molecule has 1 aromatic rings. The number of nitrogens with two attached hydrogens (primary N) is 1. The zero-order chi connectivity index (χ0) is 14.0. The number of aliphatic hydroxyl groups is 1. The van der Waals surface area contributed by atoms with Gasteiger partial charge in [-0.2, -0.15) is 0 Å². The molecule has 1 aliphatic rings. The smallest absolute Gasteiger partial charge is 0.242 e. The molecule has 0 spiro atoms. The zero-order valence-electron chi connectivity index (χ0n) is 10.7. The van der Waals surface area contributed by atoms with Gasteiger partial charge < -0.3 is 20.5 Å². The number of hydrogen-bond donors (Lipinski definition) is 2. The zero-order valence-corrected chi connectivity index (χ0v) is 10.7. The van der Waals surface area contributed by atoms with Crippen LogP contribution in [0.3, 0.4) is 0 Å². The van der Waals surface area contributed by atoms with E-state index in [1.165, 1.54) is 13.0 Å². The number of carbonyl (C=O) groups excluding carboxylic acids is 1. The van der Waals surface area contributed by atoms with Crippen molar-refractivity contribution >= 4 is 11.6 Å². The van der Waals surface area contributed by atoms with Gasteiger partial charge in [-0.25, -0.2) is 4.39 Å². The highest BCUT2D eigenvalue weighted by molar-refractivity contribution is 5.84. The Labute approximate surface area is 110 Å². The fourth-order valence-electron chi connectivity index (χ4n) is 2.32. The van der Waals surface area contributed by atoms with Crippen LogP contribution in [-0.4, -0.2) is 36.8 Å². The minimum absolute atomic E-state index is 0.172. The number of amides is 1. The molecular formula is C13H17FN2O3. The van der Waals surface area contributed by atoms with Gasteiger partial charge in [-0.3, -0.25) is 4.79 Å². The van der Waals surface area contributed by atoms with Gasteiger partial charge in [-0.1, -0.05) is 6.07 Å². The molecule has 3 N–H and O–H groups in total. The first-order chi connectivity index (χ1) is 9.02. The van der Waals surface area contributed by atoms with Gasteiger partial charge in [-0.15, -0.1) is 0 Å². The van der Waals surface area contributed by atoms with E-state index in [1.54, 1.807) is 17.0 Å². The van der Waals surface area contributed by atoms with Crippen LogP contribution < -0.4 is 10.6 Å². The number of halogens is 1. The monoisotopic (exact) mass is 268 g/mol. The lowest BCUT2D eigenvalue weighted by molar-refractivity contribution is -0.121. The highest BCUT2D eigenvalue weighted by Crippen LogP contribution is 2.31. The molecule has 0 bridgehead atoms. The van der Waals surface area contributed by atoms with Crippen LogP contribution in [0.15, 0.2) is 18.2 Å². The molecule has 19 heavy (non-hydrogen) atoms. The van der Waals surface area contributed by atoms with E-state index < -0.39 is 23.9 Å². The van der Waals surface area contributed by atoms with Crippen molar-refractivity contribution in [1.29, 1.82) is 0 Å². The van der Waals surface area contributed by atoms with Gasteiger partial charge in [0.1, 0.15) is 11.9 Å². The molecule has 5 nitrogen and oxygen atoms in total. The third-order valence-electron chi connectivity index (χ3n) is 3.21. The number of ether oxygens (including phenoxy) is 1. The lowest BCUT2D eigenvalue weighted by Crippen LogP contribution is -2.53. The van der Waals surface area contributed by atoms with E-state index in [1.807, 2.05) is 0 Å². The van der Waals surface area contributed by atoms with Crippen molar-refractivity contribution in [1.82, 2.24) is 0 Å². The molecule has 0 radical (unpaired) electrons. The second kappa shape index (κ2) is 5.54. The average Bonchev–Trinajstić information content (AvgIpc) is 2.37. The third-order valence-corrected chi connectivity index (χ3v) is 3.21. The predicted molar refractivity (Wildman–Crippen MR) is 68.2 cm³/mol. The van der Waals surface area contributed by atoms with Crippen LogP contribution in [0, 0.1) is 5.82 Å². The van der Waals surface area contributed by atoms with Gasteiger partial charge in [0, 0.05) is 17.8 Å². The summed E-state index contributed by atoms with van der Waals surface area (Å²) in [5.74, 6) is -1.03. The fraction of sp³-hybridized carbons (Fsp3) is 0.462. The number of carbonyl (C=O) groups is 1. The highest BCUT2D eigenvalue weighted by Gasteiger charge is 2.30. The standard InChI is InChI=1S/C13H17FN2O3/c1-8(17)12-9(14)3-2-4-10(12)16-5-6-19-7-11(16)13(15)18/h2-4,8,11,17H,5-7H2,1H3,(H2,15,18)/t8-,11?/m1/s1. The van der Waals surface area contributed by atoms with Gasteiger partial charge in [0.15, 0.2) is 0 Å². The van der Waals surface area contributed by atoms with Crippen LogP contribution in [0.1, 0.15) is 18.6 Å². The Balaban J connectivity index is 2.44. The van der Waals surface area contributed by atoms with Crippen LogP contribution in [0.2, 0.25) is 0 Å². The summed E-state index contributed by atoms with van der Waals surface area (Å²) in [6.07, 6.45) is -0.965. The molecule has 104 valence electrons. The normalized spacial score (nSPS) is 21.2. The molecule has 6 heteroatoms. The molecule has 1 saturated heterocycles. The number of hydrogen-bond acceptors (Lipinski definition) is 4. The minimum atomic E-state index is -0.965. The Morgan fingerprint density at radius 3 is 3.00 bits per heavy atom. The summed E-state index contributed by atoms with van der Waals surface area (Å²) in [6, 6.07) is 3.86. The summed E-state index contributed by atoms with van der Waals surface area (Å²) in [5.41, 5.74) is 6.01. The highest BCUT2D eigenvalue weighted by atomic mass is 19.1. The number of morpholine rings is 1. The van der Waals surface area contributed by atoms with E-state index in [9.17, 15) is 14.3 Å². The largest absolute Gasteiger partial charge is 0.389 e. The van der Waals surface area contributed by atoms with Crippen molar-refractivity contribution in [3.63, 3.8) is 0 Å². The Morgan fingerprint density at radius 2 is 2.37 bits per heavy atom. The minimum Gasteiger partial charge on any atom is -0.389 e. The Morgan fingerprint density at radius 1 is 1.63 bits per heavy atom. The third kappa shape index (κ3) is 2.69. The maximum absolute atomic E-state index is 13.8. The SMILES string of the molecule is C[C@@H](O)c1c(F)cccc1N1CCOCC1C(N)=O. The van der Waals surface area contributed by atoms with Gasteiger partial charge in [0.25, 0.3) is 0 Å². The lowest BCUT2D eigenvalue weighted by atomic mass is 10.0. The summed E-state index contributed by atoms with van der Waals surface area (Å²) in [7, 11) is 0. The predicted octanol–water partition coefficient (Wildman–Crippen LogP) is 0.569. The molecular weight excluding hydrogens is 251 g/mol. The second-order valence-corrected chi connectivity index (χ2v) is 4.54. The molecule has 0 saturated carbocycles. The summed E-state index contributed by atoms with van der Waals surface area (Å²) in [4.78, 5) is 13.1. The van der Waals surface area contributed by atoms with Crippen molar-refractivity contribution in [2.75, 3.05) is 24.7 Å². The summed E-state index contributed by atoms with van der Waals surface area (Å²) < 4.78 is 19.1. The maximum atomic E-state index is 13.8. The molecule has 0 aliphatic carbocycles. The first-order valence-electron chi connectivity index (χ1n) is 6.12. The Kier molecular flexibility index (Phi) is 4.01. The summed E-state index contributed by atoms with van der Waals surface area (Å²) in [6.45, 7) is 2.52. The first-order valence-corrected chi connectivity index (χ1v) is 6.12. The van der Waals surface area contributed by atoms with E-state index in [2.05, 4.69) is 0 Å². The molecule has 1 heterocycles. The number of aliphatic hydroxyl groups excluding tert-OH is 1. The number of nitrogens with zero attached hydrogens (tertiary/aromatic N) is 1. The molecule has 0 aromatic heterocycles. The van der Waals surface area contributed by atoms with Crippen molar-refractivity contribution < 1.29 is 19.0 Å². The fourth-order valence-corrected chi connectivity index (χ4v) is 2.32. The summed E-state index contributed by atoms with van der Waals surface area (Å²) in [5, 5.41) is 9.73. The summed E-state index contributed by atoms with van der Waals surface area (Å²) >= 11 is 0. The molecule has 1 aliphatic heterocycles. The number of primary amides is 1. The van der Waals surface area contributed by atoms with Crippen molar-refractivity contribution in [2.45, 2.75) is 19.1 Å². The van der Waals surface area contributed by atoms with E-state index in [0.29, 0.717) is 18.8 Å². The van der Waals surface area contributed by atoms with Crippen LogP contribution >= 0.6 is 0 Å². The van der Waals surface area contributed by atoms with E-state index in [-0.39, 0.29) is 12.2 Å². The molecule has 1 fully saturated rings. The maximum Gasteiger partial charge on any atom is 0.242 e. The number of anilines is 1. The van der Waals surface area contributed by atoms with Gasteiger partial charge in [0.2, 0.25) is 5.91 Å². The molecule has 1 unspecified atom stereocenters. The van der Waals surface area contributed by atoms with E-state index in [0.717, 1.165) is 0 Å². The number of benzene rings is 1. The molecule has 2 atom stereocenters. The molecule has 1 aromatic carbocycles. The van der Waals surface area contributed by atoms with Crippen molar-refractivity contribution in [2.24, 2.45) is 5.73 Å². The van der Waals surface area contributed by atoms with Crippen molar-refractivity contribution in [3.05, 3.63) is 29.6 Å². The first kappa shape index (κ1) is 13.8. The molecule has 2 rings (SSSR count). The van der Waals surface area contributed by atoms with Crippen LogP contribution in [-0.2, 0) is 9.53 Å². The van der Waals surface area contributed by atoms with Crippen LogP contribution in [0.25, 0.3) is 0 Å². The topological polar surface area (TPSA) is 75.8 Å². The van der Waals surface area contributed by atoms with Gasteiger partial charge in [-0.05, 0) is 19.1 Å². The quantitative estimate of drug-likeness (QED) is 0.840. The second-order valence-electron chi connectivity index (χ2n) is 4.54. The van der Waals surface area contributed by atoms with Crippen LogP contribution in [0.5, 0.6) is 0 Å². The average molecular weight is 268 g/mol. The van der Waals surface area contributed by atoms with Gasteiger partial charge >= 0.3 is 0 Å².